The number of halogens is 1. The quantitative estimate of drug-likeness (QED) is 0.654. The summed E-state index contributed by atoms with van der Waals surface area (Å²) in [4.78, 5) is 3.88. The topological polar surface area (TPSA) is 12.9 Å². The van der Waals surface area contributed by atoms with Crippen molar-refractivity contribution in [1.29, 1.82) is 0 Å². The summed E-state index contributed by atoms with van der Waals surface area (Å²) in [5.74, 6) is 0. The molecule has 1 heterocycles. The Kier molecular flexibility index (Phi) is 7.05. The Hall–Kier alpha value is -0.630. The smallest absolute Gasteiger partial charge is 0.0340 e. The van der Waals surface area contributed by atoms with E-state index in [1.165, 1.54) is 0 Å². The number of hydrogen-bond donors (Lipinski definition) is 0. The Balaban J connectivity index is 0.000000292. The van der Waals surface area contributed by atoms with Crippen LogP contribution in [0.25, 0.3) is 6.08 Å². The number of hydrogen-bond acceptors (Lipinski definition) is 1. The molecule has 0 atom stereocenters. The number of rotatable bonds is 1. The number of nitrogens with zero attached hydrogens (tertiary/aromatic N) is 1. The summed E-state index contributed by atoms with van der Waals surface area (Å²) >= 11 is 3.15. The normalized spacial score (nSPS) is 7.82. The van der Waals surface area contributed by atoms with Crippen molar-refractivity contribution in [3.8, 4) is 0 Å². The van der Waals surface area contributed by atoms with E-state index < -0.39 is 0 Å². The van der Waals surface area contributed by atoms with Gasteiger partial charge in [-0.15, -0.1) is 0 Å². The Morgan fingerprint density at radius 1 is 1.73 bits per heavy atom. The van der Waals surface area contributed by atoms with Crippen LogP contribution in [0.3, 0.4) is 0 Å². The fourth-order valence-corrected chi connectivity index (χ4v) is 0.497. The molecule has 0 amide bonds. The lowest BCUT2D eigenvalue weighted by Crippen LogP contribution is -1.70. The summed E-state index contributed by atoms with van der Waals surface area (Å²) in [5.41, 5.74) is 1.06. The molecular weight excluding hydrogens is 202 g/mol. The molecule has 0 N–H and O–H groups in total. The van der Waals surface area contributed by atoms with Crippen molar-refractivity contribution in [2.45, 2.75) is 6.92 Å². The molecule has 0 saturated heterocycles. The van der Waals surface area contributed by atoms with E-state index in [1.54, 1.807) is 18.5 Å². The van der Waals surface area contributed by atoms with E-state index in [-0.39, 0.29) is 0 Å². The first-order valence-corrected chi connectivity index (χ1v) is 4.55. The van der Waals surface area contributed by atoms with Gasteiger partial charge in [0.25, 0.3) is 0 Å². The van der Waals surface area contributed by atoms with Gasteiger partial charge < -0.3 is 0 Å². The van der Waals surface area contributed by atoms with E-state index in [2.05, 4.69) is 27.5 Å². The zero-order chi connectivity index (χ0) is 8.53. The van der Waals surface area contributed by atoms with Gasteiger partial charge >= 0.3 is 0 Å². The first-order valence-electron chi connectivity index (χ1n) is 3.43. The van der Waals surface area contributed by atoms with Crippen LogP contribution in [0.1, 0.15) is 12.5 Å². The van der Waals surface area contributed by atoms with Crippen LogP contribution in [0.5, 0.6) is 0 Å². The van der Waals surface area contributed by atoms with E-state index in [0.29, 0.717) is 0 Å². The van der Waals surface area contributed by atoms with Crippen LogP contribution < -0.4 is 0 Å². The first-order chi connectivity index (χ1) is 5.35. The summed E-state index contributed by atoms with van der Waals surface area (Å²) in [6.45, 7) is 5.63. The SMILES string of the molecule is C=Cc1cccnc1.CCBr. The molecule has 0 saturated carbocycles. The lowest BCUT2D eigenvalue weighted by molar-refractivity contribution is 1.32. The van der Waals surface area contributed by atoms with Crippen molar-refractivity contribution >= 4 is 22.0 Å². The van der Waals surface area contributed by atoms with Crippen LogP contribution in [0.15, 0.2) is 31.1 Å². The Morgan fingerprint density at radius 3 is 2.64 bits per heavy atom. The molecule has 1 aromatic heterocycles. The predicted octanol–water partition coefficient (Wildman–Crippen LogP) is 3.13. The third kappa shape index (κ3) is 5.80. The van der Waals surface area contributed by atoms with E-state index in [0.717, 1.165) is 10.9 Å². The number of pyridine rings is 1. The van der Waals surface area contributed by atoms with Crippen molar-refractivity contribution in [2.75, 3.05) is 5.33 Å². The third-order valence-corrected chi connectivity index (χ3v) is 0.920. The second-order valence-corrected chi connectivity index (χ2v) is 2.88. The van der Waals surface area contributed by atoms with E-state index >= 15 is 0 Å². The number of alkyl halides is 1. The third-order valence-electron chi connectivity index (χ3n) is 0.920. The Morgan fingerprint density at radius 2 is 2.36 bits per heavy atom. The van der Waals surface area contributed by atoms with Gasteiger partial charge in [-0.2, -0.15) is 0 Å². The summed E-state index contributed by atoms with van der Waals surface area (Å²) in [5, 5.41) is 1.06. The highest BCUT2D eigenvalue weighted by atomic mass is 79.9. The van der Waals surface area contributed by atoms with Crippen LogP contribution in [0.2, 0.25) is 0 Å². The van der Waals surface area contributed by atoms with Gasteiger partial charge in [0, 0.05) is 17.7 Å². The maximum absolute atomic E-state index is 3.88. The van der Waals surface area contributed by atoms with Crippen molar-refractivity contribution in [3.63, 3.8) is 0 Å². The molecule has 0 aromatic carbocycles. The fraction of sp³-hybridized carbons (Fsp3) is 0.222. The minimum Gasteiger partial charge on any atom is -0.264 e. The van der Waals surface area contributed by atoms with Gasteiger partial charge in [-0.25, -0.2) is 0 Å². The lowest BCUT2D eigenvalue weighted by Gasteiger charge is -1.84. The standard InChI is InChI=1S/C7H7N.C2H5Br/c1-2-7-4-3-5-8-6-7;1-2-3/h2-6H,1H2;2H2,1H3. The monoisotopic (exact) mass is 213 g/mol. The van der Waals surface area contributed by atoms with Gasteiger partial charge in [0.15, 0.2) is 0 Å². The summed E-state index contributed by atoms with van der Waals surface area (Å²) in [6.07, 6.45) is 5.28. The van der Waals surface area contributed by atoms with Crippen LogP contribution in [-0.4, -0.2) is 10.3 Å². The highest BCUT2D eigenvalue weighted by Gasteiger charge is 1.77. The van der Waals surface area contributed by atoms with E-state index in [9.17, 15) is 0 Å². The molecular formula is C9H12BrN. The molecule has 0 bridgehead atoms. The molecule has 1 aromatic rings. The molecule has 2 heteroatoms. The molecule has 11 heavy (non-hydrogen) atoms. The first kappa shape index (κ1) is 10.4. The van der Waals surface area contributed by atoms with Crippen LogP contribution in [0, 0.1) is 0 Å². The van der Waals surface area contributed by atoms with E-state index in [1.807, 2.05) is 19.1 Å². The average Bonchev–Trinajstić information content (AvgIpc) is 2.08. The fourth-order valence-electron chi connectivity index (χ4n) is 0.497. The highest BCUT2D eigenvalue weighted by molar-refractivity contribution is 9.09. The average molecular weight is 214 g/mol. The minimum atomic E-state index is 1.06. The molecule has 0 aliphatic rings. The summed E-state index contributed by atoms with van der Waals surface area (Å²) < 4.78 is 0. The van der Waals surface area contributed by atoms with Crippen LogP contribution in [0.4, 0.5) is 0 Å². The van der Waals surface area contributed by atoms with Gasteiger partial charge in [-0.1, -0.05) is 41.6 Å². The molecule has 0 fully saturated rings. The second kappa shape index (κ2) is 7.48. The van der Waals surface area contributed by atoms with Gasteiger partial charge in [0.1, 0.15) is 0 Å². The molecule has 0 aliphatic carbocycles. The molecule has 60 valence electrons. The van der Waals surface area contributed by atoms with Crippen molar-refractivity contribution in [3.05, 3.63) is 36.7 Å². The highest BCUT2D eigenvalue weighted by Crippen LogP contribution is 1.94. The van der Waals surface area contributed by atoms with Crippen LogP contribution >= 0.6 is 15.9 Å². The lowest BCUT2D eigenvalue weighted by atomic mass is 10.3. The zero-order valence-corrected chi connectivity index (χ0v) is 8.21. The summed E-state index contributed by atoms with van der Waals surface area (Å²) in [6, 6.07) is 3.84. The molecule has 0 aliphatic heterocycles. The van der Waals surface area contributed by atoms with E-state index in [4.69, 9.17) is 0 Å². The van der Waals surface area contributed by atoms with Crippen LogP contribution in [-0.2, 0) is 0 Å². The maximum atomic E-state index is 3.88. The van der Waals surface area contributed by atoms with Gasteiger partial charge in [0.05, 0.1) is 0 Å². The predicted molar refractivity (Wildman–Crippen MR) is 53.8 cm³/mol. The molecule has 1 rings (SSSR count). The van der Waals surface area contributed by atoms with Gasteiger partial charge in [0.2, 0.25) is 0 Å². The molecule has 1 nitrogen and oxygen atoms in total. The Bertz CT molecular complexity index is 184. The minimum absolute atomic E-state index is 1.06. The Labute approximate surface area is 76.3 Å². The summed E-state index contributed by atoms with van der Waals surface area (Å²) in [7, 11) is 0. The largest absolute Gasteiger partial charge is 0.264 e. The van der Waals surface area contributed by atoms with Crippen molar-refractivity contribution in [2.24, 2.45) is 0 Å². The number of aromatic nitrogens is 1. The zero-order valence-electron chi connectivity index (χ0n) is 6.63. The second-order valence-electron chi connectivity index (χ2n) is 1.76. The van der Waals surface area contributed by atoms with Crippen molar-refractivity contribution in [1.82, 2.24) is 4.98 Å². The molecule has 0 radical (unpaired) electrons. The van der Waals surface area contributed by atoms with Crippen molar-refractivity contribution < 1.29 is 0 Å². The maximum Gasteiger partial charge on any atom is 0.0340 e. The van der Waals surface area contributed by atoms with Gasteiger partial charge in [-0.3, -0.25) is 4.98 Å². The van der Waals surface area contributed by atoms with Gasteiger partial charge in [-0.05, 0) is 11.6 Å². The molecule has 0 spiro atoms. The molecule has 0 unspecified atom stereocenters.